The summed E-state index contributed by atoms with van der Waals surface area (Å²) in [6.07, 6.45) is 1.15. The van der Waals surface area contributed by atoms with Crippen LogP contribution in [0.15, 0.2) is 83.8 Å². The van der Waals surface area contributed by atoms with E-state index in [-0.39, 0.29) is 23.3 Å². The SMILES string of the molecule is CS(=O)(=O)Cc1ccc(C(=O)OCC(=O)N2c3ccccc3SCC2c2ccccc2)cc1. The van der Waals surface area contributed by atoms with E-state index in [9.17, 15) is 18.0 Å². The molecule has 1 aliphatic rings. The minimum atomic E-state index is -3.16. The van der Waals surface area contributed by atoms with Gasteiger partial charge < -0.3 is 4.74 Å². The lowest BCUT2D eigenvalue weighted by Crippen LogP contribution is -2.41. The zero-order valence-corrected chi connectivity index (χ0v) is 19.6. The predicted octanol–water partition coefficient (Wildman–Crippen LogP) is 4.27. The number of hydrogen-bond acceptors (Lipinski definition) is 6. The van der Waals surface area contributed by atoms with Crippen LogP contribution in [-0.2, 0) is 25.1 Å². The molecule has 33 heavy (non-hydrogen) atoms. The van der Waals surface area contributed by atoms with Crippen molar-refractivity contribution in [1.82, 2.24) is 0 Å². The molecular weight excluding hydrogens is 458 g/mol. The first kappa shape index (κ1) is 23.1. The van der Waals surface area contributed by atoms with Crippen molar-refractivity contribution in [2.24, 2.45) is 0 Å². The van der Waals surface area contributed by atoms with E-state index < -0.39 is 22.4 Å². The molecule has 8 heteroatoms. The molecule has 1 aliphatic heterocycles. The van der Waals surface area contributed by atoms with Gasteiger partial charge in [0, 0.05) is 16.9 Å². The highest BCUT2D eigenvalue weighted by Gasteiger charge is 2.33. The number of hydrogen-bond donors (Lipinski definition) is 0. The van der Waals surface area contributed by atoms with E-state index in [4.69, 9.17) is 4.74 Å². The third kappa shape index (κ3) is 5.64. The van der Waals surface area contributed by atoms with Crippen LogP contribution in [0.2, 0.25) is 0 Å². The second kappa shape index (κ2) is 9.80. The average Bonchev–Trinajstić information content (AvgIpc) is 2.81. The highest BCUT2D eigenvalue weighted by atomic mass is 32.2. The number of amides is 1. The summed E-state index contributed by atoms with van der Waals surface area (Å²) in [5.41, 5.74) is 2.65. The molecule has 0 saturated carbocycles. The zero-order chi connectivity index (χ0) is 23.4. The topological polar surface area (TPSA) is 80.7 Å². The van der Waals surface area contributed by atoms with Gasteiger partial charge >= 0.3 is 5.97 Å². The maximum atomic E-state index is 13.3. The van der Waals surface area contributed by atoms with Crippen molar-refractivity contribution >= 4 is 39.2 Å². The largest absolute Gasteiger partial charge is 0.452 e. The molecule has 0 bridgehead atoms. The lowest BCUT2D eigenvalue weighted by Gasteiger charge is -2.37. The maximum Gasteiger partial charge on any atom is 0.338 e. The van der Waals surface area contributed by atoms with Gasteiger partial charge in [0.05, 0.1) is 23.0 Å². The fraction of sp³-hybridized carbons (Fsp3) is 0.200. The molecule has 4 rings (SSSR count). The van der Waals surface area contributed by atoms with Crippen molar-refractivity contribution < 1.29 is 22.7 Å². The number of ether oxygens (including phenoxy) is 1. The number of carbonyl (C=O) groups excluding carboxylic acids is 2. The van der Waals surface area contributed by atoms with Crippen molar-refractivity contribution in [3.8, 4) is 0 Å². The van der Waals surface area contributed by atoms with Crippen LogP contribution in [0.5, 0.6) is 0 Å². The molecule has 6 nitrogen and oxygen atoms in total. The third-order valence-electron chi connectivity index (χ3n) is 5.23. The Bertz CT molecular complexity index is 1260. The molecule has 170 valence electrons. The average molecular weight is 482 g/mol. The van der Waals surface area contributed by atoms with Crippen LogP contribution in [-0.4, -0.2) is 38.9 Å². The second-order valence-corrected chi connectivity index (χ2v) is 11.0. The molecule has 1 amide bonds. The summed E-state index contributed by atoms with van der Waals surface area (Å²) >= 11 is 1.69. The first-order valence-electron chi connectivity index (χ1n) is 10.3. The molecule has 0 fully saturated rings. The normalized spacial score (nSPS) is 15.5. The number of fused-ring (bicyclic) bond motifs is 1. The fourth-order valence-corrected chi connectivity index (χ4v) is 5.70. The van der Waals surface area contributed by atoms with Crippen molar-refractivity contribution in [2.75, 3.05) is 23.5 Å². The van der Waals surface area contributed by atoms with Crippen LogP contribution in [0.25, 0.3) is 0 Å². The maximum absolute atomic E-state index is 13.3. The first-order valence-corrected chi connectivity index (χ1v) is 13.4. The monoisotopic (exact) mass is 481 g/mol. The quantitative estimate of drug-likeness (QED) is 0.489. The predicted molar refractivity (Wildman–Crippen MR) is 129 cm³/mol. The summed E-state index contributed by atoms with van der Waals surface area (Å²) in [5.74, 6) is -0.347. The molecule has 0 aliphatic carbocycles. The van der Waals surface area contributed by atoms with Crippen LogP contribution in [0, 0.1) is 0 Å². The Labute approximate surface area is 197 Å². The Kier molecular flexibility index (Phi) is 6.85. The van der Waals surface area contributed by atoms with Crippen LogP contribution >= 0.6 is 11.8 Å². The minimum Gasteiger partial charge on any atom is -0.452 e. The van der Waals surface area contributed by atoms with E-state index in [2.05, 4.69) is 0 Å². The van der Waals surface area contributed by atoms with Gasteiger partial charge in [-0.3, -0.25) is 9.69 Å². The summed E-state index contributed by atoms with van der Waals surface area (Å²) in [5, 5.41) is 0. The van der Waals surface area contributed by atoms with E-state index in [1.54, 1.807) is 28.8 Å². The second-order valence-electron chi connectivity index (χ2n) is 7.81. The van der Waals surface area contributed by atoms with E-state index in [0.717, 1.165) is 22.4 Å². The highest BCUT2D eigenvalue weighted by molar-refractivity contribution is 7.99. The van der Waals surface area contributed by atoms with Gasteiger partial charge in [-0.2, -0.15) is 0 Å². The zero-order valence-electron chi connectivity index (χ0n) is 18.0. The minimum absolute atomic E-state index is 0.103. The van der Waals surface area contributed by atoms with E-state index in [0.29, 0.717) is 11.3 Å². The molecule has 0 spiro atoms. The highest BCUT2D eigenvalue weighted by Crippen LogP contribution is 2.43. The Morgan fingerprint density at radius 1 is 0.970 bits per heavy atom. The van der Waals surface area contributed by atoms with Crippen LogP contribution in [0.3, 0.4) is 0 Å². The number of anilines is 1. The number of rotatable bonds is 6. The Balaban J connectivity index is 1.49. The molecule has 1 heterocycles. The van der Waals surface area contributed by atoms with Gasteiger partial charge in [0.2, 0.25) is 0 Å². The van der Waals surface area contributed by atoms with Gasteiger partial charge in [-0.15, -0.1) is 11.8 Å². The van der Waals surface area contributed by atoms with Crippen molar-refractivity contribution in [3.63, 3.8) is 0 Å². The van der Waals surface area contributed by atoms with E-state index >= 15 is 0 Å². The molecule has 3 aromatic carbocycles. The van der Waals surface area contributed by atoms with Crippen LogP contribution in [0.4, 0.5) is 5.69 Å². The van der Waals surface area contributed by atoms with Gasteiger partial charge in [0.15, 0.2) is 16.4 Å². The van der Waals surface area contributed by atoms with E-state index in [1.807, 2.05) is 54.6 Å². The standard InChI is InChI=1S/C25H23NO5S2/c1-33(29,30)17-18-11-13-20(14-12-18)25(28)31-15-24(27)26-21-9-5-6-10-23(21)32-16-22(26)19-7-3-2-4-8-19/h2-14,22H,15-17H2,1H3. The number of esters is 1. The summed E-state index contributed by atoms with van der Waals surface area (Å²) in [6.45, 7) is -0.397. The number of benzene rings is 3. The first-order chi connectivity index (χ1) is 15.8. The molecule has 1 unspecified atom stereocenters. The van der Waals surface area contributed by atoms with Gasteiger partial charge in [0.1, 0.15) is 0 Å². The summed E-state index contributed by atoms with van der Waals surface area (Å²) in [6, 6.07) is 23.5. The van der Waals surface area contributed by atoms with Gasteiger partial charge in [-0.05, 0) is 35.4 Å². The molecule has 0 saturated heterocycles. The van der Waals surface area contributed by atoms with Gasteiger partial charge in [0.25, 0.3) is 5.91 Å². The van der Waals surface area contributed by atoms with Crippen molar-refractivity contribution in [2.45, 2.75) is 16.7 Å². The summed E-state index contributed by atoms with van der Waals surface area (Å²) in [7, 11) is -3.16. The number of para-hydroxylation sites is 1. The third-order valence-corrected chi connectivity index (χ3v) is 7.23. The van der Waals surface area contributed by atoms with Gasteiger partial charge in [-0.1, -0.05) is 54.6 Å². The number of thioether (sulfide) groups is 1. The Morgan fingerprint density at radius 2 is 1.64 bits per heavy atom. The summed E-state index contributed by atoms with van der Waals surface area (Å²) in [4.78, 5) is 28.5. The molecule has 0 aromatic heterocycles. The smallest absolute Gasteiger partial charge is 0.338 e. The Hall–Kier alpha value is -3.10. The summed E-state index contributed by atoms with van der Waals surface area (Å²) < 4.78 is 28.2. The number of carbonyl (C=O) groups is 2. The molecule has 1 atom stereocenters. The Morgan fingerprint density at radius 3 is 2.33 bits per heavy atom. The lowest BCUT2D eigenvalue weighted by atomic mass is 10.1. The van der Waals surface area contributed by atoms with Gasteiger partial charge in [-0.25, -0.2) is 13.2 Å². The van der Waals surface area contributed by atoms with Crippen molar-refractivity contribution in [1.29, 1.82) is 0 Å². The molecular formula is C25H23NO5S2. The molecule has 0 N–H and O–H groups in total. The van der Waals surface area contributed by atoms with Crippen molar-refractivity contribution in [3.05, 3.63) is 95.6 Å². The lowest BCUT2D eigenvalue weighted by molar-refractivity contribution is -0.122. The van der Waals surface area contributed by atoms with E-state index in [1.165, 1.54) is 12.1 Å². The number of nitrogens with zero attached hydrogens (tertiary/aromatic N) is 1. The van der Waals surface area contributed by atoms with Crippen LogP contribution < -0.4 is 4.90 Å². The molecule has 0 radical (unpaired) electrons. The molecule has 3 aromatic rings. The number of sulfone groups is 1. The fourth-order valence-electron chi connectivity index (χ4n) is 3.74. The van der Waals surface area contributed by atoms with Crippen LogP contribution in [0.1, 0.15) is 27.5 Å².